The molecule has 0 aliphatic rings. The quantitative estimate of drug-likeness (QED) is 0.692. The van der Waals surface area contributed by atoms with E-state index in [9.17, 15) is 9.90 Å². The molecule has 18 heavy (non-hydrogen) atoms. The van der Waals surface area contributed by atoms with Crippen LogP contribution in [0.3, 0.4) is 0 Å². The Balaban J connectivity index is 2.69. The van der Waals surface area contributed by atoms with E-state index in [1.165, 1.54) is 0 Å². The maximum absolute atomic E-state index is 11.3. The molecular formula is C14H21NO3. The van der Waals surface area contributed by atoms with Crippen molar-refractivity contribution in [2.45, 2.75) is 45.4 Å². The standard InChI is InChI=1S/C14H21NO3/c1-3-14(4-2,13(17)18)15-9-11-5-7-12(10-16)8-6-11/h5-8,15-16H,3-4,9-10H2,1-2H3,(H,17,18). The predicted octanol–water partition coefficient (Wildman–Crippen LogP) is 1.91. The van der Waals surface area contributed by atoms with Gasteiger partial charge in [-0.15, -0.1) is 0 Å². The molecule has 0 aliphatic carbocycles. The first kappa shape index (κ1) is 14.7. The van der Waals surface area contributed by atoms with Crippen molar-refractivity contribution in [3.05, 3.63) is 35.4 Å². The van der Waals surface area contributed by atoms with Crippen molar-refractivity contribution in [1.82, 2.24) is 5.32 Å². The second-order valence-corrected chi connectivity index (χ2v) is 4.42. The van der Waals surface area contributed by atoms with Gasteiger partial charge in [0.15, 0.2) is 0 Å². The number of benzene rings is 1. The number of aliphatic hydroxyl groups is 1. The Kier molecular flexibility index (Phi) is 5.31. The summed E-state index contributed by atoms with van der Waals surface area (Å²) in [7, 11) is 0. The van der Waals surface area contributed by atoms with E-state index < -0.39 is 11.5 Å². The van der Waals surface area contributed by atoms with Crippen molar-refractivity contribution in [3.8, 4) is 0 Å². The van der Waals surface area contributed by atoms with Crippen LogP contribution in [0.5, 0.6) is 0 Å². The smallest absolute Gasteiger partial charge is 0.323 e. The molecule has 0 saturated carbocycles. The van der Waals surface area contributed by atoms with Gasteiger partial charge in [0.25, 0.3) is 0 Å². The molecule has 0 radical (unpaired) electrons. The fourth-order valence-electron chi connectivity index (χ4n) is 1.91. The number of aliphatic hydroxyl groups excluding tert-OH is 1. The van der Waals surface area contributed by atoms with E-state index in [1.807, 2.05) is 38.1 Å². The molecule has 0 spiro atoms. The molecule has 100 valence electrons. The molecule has 0 bridgehead atoms. The maximum Gasteiger partial charge on any atom is 0.323 e. The maximum atomic E-state index is 11.3. The summed E-state index contributed by atoms with van der Waals surface area (Å²) < 4.78 is 0. The lowest BCUT2D eigenvalue weighted by atomic mass is 9.92. The van der Waals surface area contributed by atoms with Crippen molar-refractivity contribution in [2.24, 2.45) is 0 Å². The van der Waals surface area contributed by atoms with Gasteiger partial charge in [-0.2, -0.15) is 0 Å². The van der Waals surface area contributed by atoms with Crippen LogP contribution in [0.25, 0.3) is 0 Å². The van der Waals surface area contributed by atoms with Crippen LogP contribution in [0.2, 0.25) is 0 Å². The molecule has 1 aromatic carbocycles. The van der Waals surface area contributed by atoms with Gasteiger partial charge in [0.1, 0.15) is 5.54 Å². The lowest BCUT2D eigenvalue weighted by Gasteiger charge is -2.28. The van der Waals surface area contributed by atoms with Crippen LogP contribution in [0.15, 0.2) is 24.3 Å². The summed E-state index contributed by atoms with van der Waals surface area (Å²) in [6.45, 7) is 4.29. The fourth-order valence-corrected chi connectivity index (χ4v) is 1.91. The Bertz CT molecular complexity index is 383. The van der Waals surface area contributed by atoms with Gasteiger partial charge in [-0.3, -0.25) is 10.1 Å². The zero-order valence-corrected chi connectivity index (χ0v) is 10.9. The Morgan fingerprint density at radius 1 is 1.17 bits per heavy atom. The second kappa shape index (κ2) is 6.52. The van der Waals surface area contributed by atoms with Crippen molar-refractivity contribution in [3.63, 3.8) is 0 Å². The SMILES string of the molecule is CCC(CC)(NCc1ccc(CO)cc1)C(=O)O. The molecule has 1 rings (SSSR count). The van der Waals surface area contributed by atoms with Gasteiger partial charge >= 0.3 is 5.97 Å². The third kappa shape index (κ3) is 3.31. The summed E-state index contributed by atoms with van der Waals surface area (Å²) in [5.41, 5.74) is 1.02. The second-order valence-electron chi connectivity index (χ2n) is 4.42. The average molecular weight is 251 g/mol. The number of hydrogen-bond donors (Lipinski definition) is 3. The summed E-state index contributed by atoms with van der Waals surface area (Å²) in [6, 6.07) is 7.49. The zero-order valence-electron chi connectivity index (χ0n) is 10.9. The van der Waals surface area contributed by atoms with Crippen LogP contribution >= 0.6 is 0 Å². The van der Waals surface area contributed by atoms with E-state index in [0.717, 1.165) is 11.1 Å². The minimum absolute atomic E-state index is 0.0245. The monoisotopic (exact) mass is 251 g/mol. The third-order valence-corrected chi connectivity index (χ3v) is 3.45. The first-order valence-electron chi connectivity index (χ1n) is 6.25. The highest BCUT2D eigenvalue weighted by Crippen LogP contribution is 2.16. The topological polar surface area (TPSA) is 69.6 Å². The third-order valence-electron chi connectivity index (χ3n) is 3.45. The molecule has 3 N–H and O–H groups in total. The molecule has 0 saturated heterocycles. The molecule has 0 fully saturated rings. The molecular weight excluding hydrogens is 230 g/mol. The first-order chi connectivity index (χ1) is 8.57. The zero-order chi connectivity index (χ0) is 13.6. The number of carboxylic acid groups (broad SMARTS) is 1. The van der Waals surface area contributed by atoms with Crippen LogP contribution in [-0.2, 0) is 17.9 Å². The Hall–Kier alpha value is -1.39. The number of hydrogen-bond acceptors (Lipinski definition) is 3. The highest BCUT2D eigenvalue weighted by atomic mass is 16.4. The summed E-state index contributed by atoms with van der Waals surface area (Å²) in [5.74, 6) is -0.806. The molecule has 4 heteroatoms. The molecule has 0 aromatic heterocycles. The number of carboxylic acids is 1. The van der Waals surface area contributed by atoms with Gasteiger partial charge in [0.2, 0.25) is 0 Å². The largest absolute Gasteiger partial charge is 0.480 e. The molecule has 0 amide bonds. The van der Waals surface area contributed by atoms with Crippen molar-refractivity contribution in [1.29, 1.82) is 0 Å². The van der Waals surface area contributed by atoms with Crippen LogP contribution in [0.1, 0.15) is 37.8 Å². The lowest BCUT2D eigenvalue weighted by molar-refractivity contribution is -0.145. The van der Waals surface area contributed by atoms with Crippen LogP contribution in [0.4, 0.5) is 0 Å². The molecule has 0 aliphatic heterocycles. The molecule has 0 heterocycles. The van der Waals surface area contributed by atoms with E-state index >= 15 is 0 Å². The van der Waals surface area contributed by atoms with E-state index in [-0.39, 0.29) is 6.61 Å². The number of carbonyl (C=O) groups is 1. The van der Waals surface area contributed by atoms with E-state index in [1.54, 1.807) is 0 Å². The molecule has 4 nitrogen and oxygen atoms in total. The summed E-state index contributed by atoms with van der Waals surface area (Å²) in [4.78, 5) is 11.3. The van der Waals surface area contributed by atoms with Gasteiger partial charge in [-0.25, -0.2) is 0 Å². The number of nitrogens with one attached hydrogen (secondary N) is 1. The van der Waals surface area contributed by atoms with Gasteiger partial charge in [-0.05, 0) is 24.0 Å². The van der Waals surface area contributed by atoms with Crippen LogP contribution in [-0.4, -0.2) is 21.7 Å². The fraction of sp³-hybridized carbons (Fsp3) is 0.500. The molecule has 0 atom stereocenters. The van der Waals surface area contributed by atoms with E-state index in [0.29, 0.717) is 19.4 Å². The van der Waals surface area contributed by atoms with E-state index in [2.05, 4.69) is 5.32 Å². The highest BCUT2D eigenvalue weighted by Gasteiger charge is 2.33. The molecule has 1 aromatic rings. The van der Waals surface area contributed by atoms with Crippen LogP contribution in [0, 0.1) is 0 Å². The van der Waals surface area contributed by atoms with Gasteiger partial charge < -0.3 is 10.2 Å². The Labute approximate surface area is 108 Å². The van der Waals surface area contributed by atoms with Gasteiger partial charge in [0.05, 0.1) is 6.61 Å². The average Bonchev–Trinajstić information content (AvgIpc) is 2.41. The van der Waals surface area contributed by atoms with Crippen LogP contribution < -0.4 is 5.32 Å². The minimum Gasteiger partial charge on any atom is -0.480 e. The van der Waals surface area contributed by atoms with E-state index in [4.69, 9.17) is 5.11 Å². The first-order valence-corrected chi connectivity index (χ1v) is 6.25. The summed E-state index contributed by atoms with van der Waals surface area (Å²) >= 11 is 0. The number of rotatable bonds is 7. The predicted molar refractivity (Wildman–Crippen MR) is 70.2 cm³/mol. The minimum atomic E-state index is -0.852. The summed E-state index contributed by atoms with van der Waals surface area (Å²) in [6.07, 6.45) is 1.10. The van der Waals surface area contributed by atoms with Gasteiger partial charge in [0, 0.05) is 6.54 Å². The molecule has 0 unspecified atom stereocenters. The van der Waals surface area contributed by atoms with Crippen molar-refractivity contribution in [2.75, 3.05) is 0 Å². The van der Waals surface area contributed by atoms with Gasteiger partial charge in [-0.1, -0.05) is 38.1 Å². The highest BCUT2D eigenvalue weighted by molar-refractivity contribution is 5.78. The normalized spacial score (nSPS) is 11.5. The Morgan fingerprint density at radius 3 is 2.06 bits per heavy atom. The van der Waals surface area contributed by atoms with Crippen molar-refractivity contribution >= 4 is 5.97 Å². The lowest BCUT2D eigenvalue weighted by Crippen LogP contribution is -2.50. The Morgan fingerprint density at radius 2 is 1.67 bits per heavy atom. The summed E-state index contributed by atoms with van der Waals surface area (Å²) in [5, 5.41) is 21.4. The van der Waals surface area contributed by atoms with Crippen molar-refractivity contribution < 1.29 is 15.0 Å². The number of aliphatic carboxylic acids is 1.